The van der Waals surface area contributed by atoms with Crippen LogP contribution in [0.5, 0.6) is 0 Å². The van der Waals surface area contributed by atoms with E-state index in [0.717, 1.165) is 42.8 Å². The Balaban J connectivity index is 1.61. The molecule has 112 valence electrons. The van der Waals surface area contributed by atoms with E-state index in [9.17, 15) is 0 Å². The molecule has 0 saturated carbocycles. The lowest BCUT2D eigenvalue weighted by Gasteiger charge is -2.30. The van der Waals surface area contributed by atoms with Crippen molar-refractivity contribution in [2.45, 2.75) is 18.9 Å². The predicted octanol–water partition coefficient (Wildman–Crippen LogP) is 2.19. The average molecular weight is 351 g/mol. The second-order valence-electron chi connectivity index (χ2n) is 5.37. The van der Waals surface area contributed by atoms with E-state index >= 15 is 0 Å². The highest BCUT2D eigenvalue weighted by Crippen LogP contribution is 2.18. The minimum Gasteiger partial charge on any atom is -0.339 e. The highest BCUT2D eigenvalue weighted by atomic mass is 79.9. The first-order valence-electron chi connectivity index (χ1n) is 7.20. The van der Waals surface area contributed by atoms with Crippen LogP contribution in [0.25, 0.3) is 0 Å². The van der Waals surface area contributed by atoms with Crippen molar-refractivity contribution in [2.75, 3.05) is 26.7 Å². The Morgan fingerprint density at radius 3 is 2.90 bits per heavy atom. The Bertz CT molecular complexity index is 584. The van der Waals surface area contributed by atoms with E-state index in [1.807, 2.05) is 0 Å². The van der Waals surface area contributed by atoms with Gasteiger partial charge in [0.05, 0.1) is 6.04 Å². The maximum Gasteiger partial charge on any atom is 0.227 e. The molecule has 1 aromatic carbocycles. The Labute approximate surface area is 132 Å². The van der Waals surface area contributed by atoms with E-state index in [4.69, 9.17) is 4.52 Å². The summed E-state index contributed by atoms with van der Waals surface area (Å²) in [5.74, 6) is 1.50. The number of piperazine rings is 1. The van der Waals surface area contributed by atoms with Gasteiger partial charge < -0.3 is 9.84 Å². The first kappa shape index (κ1) is 14.7. The molecule has 2 heterocycles. The summed E-state index contributed by atoms with van der Waals surface area (Å²) < 4.78 is 6.48. The van der Waals surface area contributed by atoms with Crippen molar-refractivity contribution in [1.29, 1.82) is 0 Å². The highest BCUT2D eigenvalue weighted by molar-refractivity contribution is 9.10. The molecule has 0 bridgehead atoms. The molecule has 3 rings (SSSR count). The number of aromatic nitrogens is 2. The largest absolute Gasteiger partial charge is 0.339 e. The number of hydrogen-bond donors (Lipinski definition) is 1. The van der Waals surface area contributed by atoms with E-state index in [2.05, 4.69) is 67.6 Å². The molecule has 0 radical (unpaired) electrons. The summed E-state index contributed by atoms with van der Waals surface area (Å²) in [5.41, 5.74) is 1.27. The van der Waals surface area contributed by atoms with Gasteiger partial charge in [-0.25, -0.2) is 0 Å². The molecule has 0 spiro atoms. The smallest absolute Gasteiger partial charge is 0.227 e. The third-order valence-corrected chi connectivity index (χ3v) is 4.36. The zero-order valence-electron chi connectivity index (χ0n) is 12.1. The van der Waals surface area contributed by atoms with Crippen LogP contribution in [0, 0.1) is 0 Å². The maximum atomic E-state index is 5.39. The Hall–Kier alpha value is -1.24. The third-order valence-electron chi connectivity index (χ3n) is 3.83. The van der Waals surface area contributed by atoms with Crippen LogP contribution < -0.4 is 5.32 Å². The fraction of sp³-hybridized carbons (Fsp3) is 0.467. The molecule has 1 unspecified atom stereocenters. The van der Waals surface area contributed by atoms with Crippen LogP contribution in [-0.4, -0.2) is 41.7 Å². The Kier molecular flexibility index (Phi) is 4.67. The van der Waals surface area contributed by atoms with E-state index in [-0.39, 0.29) is 6.04 Å². The van der Waals surface area contributed by atoms with Crippen molar-refractivity contribution >= 4 is 15.9 Å². The van der Waals surface area contributed by atoms with Gasteiger partial charge in [-0.15, -0.1) is 0 Å². The number of likely N-dealkylation sites (N-methyl/N-ethyl adjacent to an activating group) is 1. The fourth-order valence-corrected chi connectivity index (χ4v) is 2.77. The zero-order valence-corrected chi connectivity index (χ0v) is 13.6. The second-order valence-corrected chi connectivity index (χ2v) is 6.29. The lowest BCUT2D eigenvalue weighted by molar-refractivity contribution is 0.190. The van der Waals surface area contributed by atoms with Gasteiger partial charge in [-0.05, 0) is 31.2 Å². The summed E-state index contributed by atoms with van der Waals surface area (Å²) in [7, 11) is 2.10. The van der Waals surface area contributed by atoms with E-state index in [1.165, 1.54) is 5.56 Å². The number of nitrogens with zero attached hydrogens (tertiary/aromatic N) is 3. The van der Waals surface area contributed by atoms with Crippen LogP contribution in [-0.2, 0) is 12.8 Å². The second kappa shape index (κ2) is 6.68. The summed E-state index contributed by atoms with van der Waals surface area (Å²) in [5, 5.41) is 7.51. The molecule has 1 N–H and O–H groups in total. The fourth-order valence-electron chi connectivity index (χ4n) is 2.50. The monoisotopic (exact) mass is 350 g/mol. The van der Waals surface area contributed by atoms with Crippen LogP contribution in [0.2, 0.25) is 0 Å². The van der Waals surface area contributed by atoms with Crippen molar-refractivity contribution < 1.29 is 4.52 Å². The summed E-state index contributed by atoms with van der Waals surface area (Å²) >= 11 is 3.44. The summed E-state index contributed by atoms with van der Waals surface area (Å²) in [4.78, 5) is 6.81. The third kappa shape index (κ3) is 3.70. The van der Waals surface area contributed by atoms with Gasteiger partial charge in [0.1, 0.15) is 0 Å². The van der Waals surface area contributed by atoms with Gasteiger partial charge in [0.25, 0.3) is 0 Å². The molecule has 21 heavy (non-hydrogen) atoms. The van der Waals surface area contributed by atoms with Crippen molar-refractivity contribution in [3.8, 4) is 0 Å². The number of aryl methyl sites for hydroxylation is 2. The van der Waals surface area contributed by atoms with Crippen molar-refractivity contribution in [3.63, 3.8) is 0 Å². The quantitative estimate of drug-likeness (QED) is 0.915. The Morgan fingerprint density at radius 2 is 2.14 bits per heavy atom. The standard InChI is InChI=1S/C15H19BrN4O/c1-20-9-8-17-10-13(20)15-18-14(21-19-15)7-4-11-2-5-12(16)6-3-11/h2-3,5-6,13,17H,4,7-10H2,1H3. The minimum absolute atomic E-state index is 0.212. The molecule has 1 aliphatic heterocycles. The molecular weight excluding hydrogens is 332 g/mol. The maximum absolute atomic E-state index is 5.39. The first-order chi connectivity index (χ1) is 10.2. The predicted molar refractivity (Wildman–Crippen MR) is 84.1 cm³/mol. The average Bonchev–Trinajstić information content (AvgIpc) is 2.96. The first-order valence-corrected chi connectivity index (χ1v) is 7.99. The van der Waals surface area contributed by atoms with Crippen LogP contribution in [0.3, 0.4) is 0 Å². The molecule has 2 aromatic rings. The van der Waals surface area contributed by atoms with Crippen LogP contribution in [0.4, 0.5) is 0 Å². The highest BCUT2D eigenvalue weighted by Gasteiger charge is 2.25. The van der Waals surface area contributed by atoms with Gasteiger partial charge in [-0.3, -0.25) is 4.90 Å². The number of nitrogens with one attached hydrogen (secondary N) is 1. The van der Waals surface area contributed by atoms with Gasteiger partial charge in [-0.1, -0.05) is 33.2 Å². The number of benzene rings is 1. The minimum atomic E-state index is 0.212. The van der Waals surface area contributed by atoms with Crippen LogP contribution >= 0.6 is 15.9 Å². The molecule has 1 aromatic heterocycles. The van der Waals surface area contributed by atoms with E-state index in [1.54, 1.807) is 0 Å². The zero-order chi connectivity index (χ0) is 14.7. The molecule has 5 nitrogen and oxygen atoms in total. The van der Waals surface area contributed by atoms with Crippen LogP contribution in [0.1, 0.15) is 23.3 Å². The number of halogens is 1. The van der Waals surface area contributed by atoms with E-state index < -0.39 is 0 Å². The van der Waals surface area contributed by atoms with Crippen LogP contribution in [0.15, 0.2) is 33.3 Å². The Morgan fingerprint density at radius 1 is 1.33 bits per heavy atom. The molecule has 0 amide bonds. The molecule has 1 atom stereocenters. The molecule has 1 aliphatic rings. The molecule has 1 saturated heterocycles. The van der Waals surface area contributed by atoms with Gasteiger partial charge in [0.2, 0.25) is 5.89 Å². The van der Waals surface area contributed by atoms with Gasteiger partial charge in [0.15, 0.2) is 5.82 Å². The van der Waals surface area contributed by atoms with Crippen molar-refractivity contribution in [1.82, 2.24) is 20.4 Å². The normalized spacial score (nSPS) is 19.8. The van der Waals surface area contributed by atoms with Gasteiger partial charge in [0, 0.05) is 30.5 Å². The summed E-state index contributed by atoms with van der Waals surface area (Å²) in [6.07, 6.45) is 1.69. The van der Waals surface area contributed by atoms with Crippen molar-refractivity contribution in [3.05, 3.63) is 46.0 Å². The molecule has 6 heteroatoms. The number of hydrogen-bond acceptors (Lipinski definition) is 5. The lowest BCUT2D eigenvalue weighted by Crippen LogP contribution is -2.44. The number of rotatable bonds is 4. The van der Waals surface area contributed by atoms with Gasteiger partial charge >= 0.3 is 0 Å². The molecule has 1 fully saturated rings. The summed E-state index contributed by atoms with van der Waals surface area (Å²) in [6, 6.07) is 8.54. The SMILES string of the molecule is CN1CCNCC1c1noc(CCc2ccc(Br)cc2)n1. The molecule has 0 aliphatic carbocycles. The van der Waals surface area contributed by atoms with Gasteiger partial charge in [-0.2, -0.15) is 4.98 Å². The summed E-state index contributed by atoms with van der Waals surface area (Å²) in [6.45, 7) is 2.90. The molecular formula is C15H19BrN4O. The van der Waals surface area contributed by atoms with E-state index in [0.29, 0.717) is 5.89 Å². The topological polar surface area (TPSA) is 54.2 Å². The lowest BCUT2D eigenvalue weighted by atomic mass is 10.1. The van der Waals surface area contributed by atoms with Crippen molar-refractivity contribution in [2.24, 2.45) is 0 Å².